The van der Waals surface area contributed by atoms with Gasteiger partial charge in [0.05, 0.1) is 23.5 Å². The maximum atomic E-state index is 12.6. The second kappa shape index (κ2) is 9.56. The molecule has 1 saturated heterocycles. The summed E-state index contributed by atoms with van der Waals surface area (Å²) < 4.78 is 31.8. The zero-order valence-electron chi connectivity index (χ0n) is 16.3. The molecule has 1 fully saturated rings. The normalized spacial score (nSPS) is 16.0. The van der Waals surface area contributed by atoms with Crippen molar-refractivity contribution >= 4 is 39.3 Å². The number of hydrogen-bond donors (Lipinski definition) is 2. The van der Waals surface area contributed by atoms with E-state index in [1.807, 2.05) is 0 Å². The molecule has 3 N–H and O–H groups in total. The maximum absolute atomic E-state index is 12.6. The van der Waals surface area contributed by atoms with Gasteiger partial charge in [-0.25, -0.2) is 13.4 Å². The standard InChI is InChI=1S/C19H22N4O5S2/c1-13(19(25)22-15-4-2-14(3-5-15)18(20)24)29-17-7-6-16(12-21-17)30(26,27)23-8-10-28-11-9-23/h2-7,12-13H,8-11H2,1H3,(H2,20,24)(H,22,25)/t13-/m1/s1. The molecule has 160 valence electrons. The van der Waals surface area contributed by atoms with Crippen LogP contribution in [0.25, 0.3) is 0 Å². The molecule has 3 rings (SSSR count). The molecule has 0 radical (unpaired) electrons. The SMILES string of the molecule is C[C@@H](Sc1ccc(S(=O)(=O)N2CCOCC2)cn1)C(=O)Nc1ccc(C(N)=O)cc1. The third-order valence-corrected chi connectivity index (χ3v) is 7.35. The lowest BCUT2D eigenvalue weighted by Crippen LogP contribution is -2.40. The summed E-state index contributed by atoms with van der Waals surface area (Å²) in [6.45, 7) is 3.10. The van der Waals surface area contributed by atoms with Crippen molar-refractivity contribution in [1.29, 1.82) is 0 Å². The van der Waals surface area contributed by atoms with Crippen LogP contribution < -0.4 is 11.1 Å². The summed E-state index contributed by atoms with van der Waals surface area (Å²) in [6, 6.07) is 9.34. The summed E-state index contributed by atoms with van der Waals surface area (Å²) in [7, 11) is -3.60. The Hall–Kier alpha value is -2.47. The first-order chi connectivity index (χ1) is 14.3. The van der Waals surface area contributed by atoms with Gasteiger partial charge in [-0.1, -0.05) is 11.8 Å². The van der Waals surface area contributed by atoms with Gasteiger partial charge >= 0.3 is 0 Å². The number of rotatable bonds is 7. The number of nitrogens with zero attached hydrogens (tertiary/aromatic N) is 2. The molecule has 1 aliphatic rings. The van der Waals surface area contributed by atoms with E-state index in [1.54, 1.807) is 25.1 Å². The van der Waals surface area contributed by atoms with Crippen molar-refractivity contribution in [3.8, 4) is 0 Å². The number of thioether (sulfide) groups is 1. The number of carbonyl (C=O) groups excluding carboxylic acids is 2. The average Bonchev–Trinajstić information content (AvgIpc) is 2.75. The molecule has 0 saturated carbocycles. The summed E-state index contributed by atoms with van der Waals surface area (Å²) >= 11 is 1.21. The molecule has 1 aliphatic heterocycles. The number of nitrogens with two attached hydrogens (primary N) is 1. The van der Waals surface area contributed by atoms with Gasteiger partial charge in [0.2, 0.25) is 21.8 Å². The summed E-state index contributed by atoms with van der Waals surface area (Å²) in [4.78, 5) is 27.8. The molecule has 2 aromatic rings. The Bertz CT molecular complexity index is 1000. The molecule has 9 nitrogen and oxygen atoms in total. The molecule has 1 aromatic carbocycles. The molecular formula is C19H22N4O5S2. The first-order valence-corrected chi connectivity index (χ1v) is 11.5. The van der Waals surface area contributed by atoms with Crippen LogP contribution >= 0.6 is 11.8 Å². The lowest BCUT2D eigenvalue weighted by molar-refractivity contribution is -0.115. The van der Waals surface area contributed by atoms with Crippen molar-refractivity contribution in [2.24, 2.45) is 5.73 Å². The molecule has 0 bridgehead atoms. The molecule has 1 atom stereocenters. The molecule has 2 amide bonds. The van der Waals surface area contributed by atoms with E-state index in [0.717, 1.165) is 0 Å². The lowest BCUT2D eigenvalue weighted by atomic mass is 10.2. The minimum atomic E-state index is -3.60. The van der Waals surface area contributed by atoms with E-state index in [0.29, 0.717) is 42.6 Å². The van der Waals surface area contributed by atoms with Crippen molar-refractivity contribution in [1.82, 2.24) is 9.29 Å². The van der Waals surface area contributed by atoms with Crippen LogP contribution in [0.5, 0.6) is 0 Å². The van der Waals surface area contributed by atoms with E-state index in [4.69, 9.17) is 10.5 Å². The number of nitrogens with one attached hydrogen (secondary N) is 1. The average molecular weight is 451 g/mol. The molecule has 11 heteroatoms. The van der Waals surface area contributed by atoms with Gasteiger partial charge in [0.25, 0.3) is 0 Å². The third-order valence-electron chi connectivity index (χ3n) is 4.42. The molecule has 2 heterocycles. The monoisotopic (exact) mass is 450 g/mol. The van der Waals surface area contributed by atoms with Gasteiger partial charge in [0, 0.05) is 30.5 Å². The van der Waals surface area contributed by atoms with Crippen molar-refractivity contribution in [2.45, 2.75) is 22.1 Å². The van der Waals surface area contributed by atoms with Crippen LogP contribution in [0.15, 0.2) is 52.5 Å². The van der Waals surface area contributed by atoms with Crippen molar-refractivity contribution in [2.75, 3.05) is 31.6 Å². The molecule has 0 spiro atoms. The van der Waals surface area contributed by atoms with Crippen LogP contribution in [0, 0.1) is 0 Å². The fourth-order valence-corrected chi connectivity index (χ4v) is 4.86. The largest absolute Gasteiger partial charge is 0.379 e. The van der Waals surface area contributed by atoms with Gasteiger partial charge in [-0.3, -0.25) is 9.59 Å². The fraction of sp³-hybridized carbons (Fsp3) is 0.316. The first kappa shape index (κ1) is 22.2. The number of anilines is 1. The highest BCUT2D eigenvalue weighted by Crippen LogP contribution is 2.24. The van der Waals surface area contributed by atoms with Crippen molar-refractivity contribution in [3.63, 3.8) is 0 Å². The van der Waals surface area contributed by atoms with Crippen LogP contribution in [-0.4, -0.2) is 61.1 Å². The van der Waals surface area contributed by atoms with Crippen molar-refractivity contribution < 1.29 is 22.7 Å². The number of aromatic nitrogens is 1. The summed E-state index contributed by atoms with van der Waals surface area (Å²) in [5.74, 6) is -0.791. The van der Waals surface area contributed by atoms with Gasteiger partial charge in [0.15, 0.2) is 0 Å². The van der Waals surface area contributed by atoms with E-state index in [9.17, 15) is 18.0 Å². The predicted octanol–water partition coefficient (Wildman–Crippen LogP) is 1.32. The minimum absolute atomic E-state index is 0.111. The Kier molecular flexibility index (Phi) is 7.08. The number of primary amides is 1. The second-order valence-corrected chi connectivity index (χ2v) is 9.84. The van der Waals surface area contributed by atoms with Crippen LogP contribution in [0.2, 0.25) is 0 Å². The summed E-state index contributed by atoms with van der Waals surface area (Å²) in [5.41, 5.74) is 6.09. The molecular weight excluding hydrogens is 428 g/mol. The number of morpholine rings is 1. The fourth-order valence-electron chi connectivity index (χ4n) is 2.72. The Balaban J connectivity index is 1.60. The smallest absolute Gasteiger partial charge is 0.248 e. The van der Waals surface area contributed by atoms with E-state index in [1.165, 1.54) is 40.5 Å². The van der Waals surface area contributed by atoms with E-state index in [2.05, 4.69) is 10.3 Å². The number of hydrogen-bond acceptors (Lipinski definition) is 7. The van der Waals surface area contributed by atoms with Crippen LogP contribution in [0.1, 0.15) is 17.3 Å². The second-order valence-electron chi connectivity index (χ2n) is 6.54. The molecule has 1 aromatic heterocycles. The Morgan fingerprint density at radius 2 is 1.83 bits per heavy atom. The van der Waals surface area contributed by atoms with Crippen LogP contribution in [0.4, 0.5) is 5.69 Å². The lowest BCUT2D eigenvalue weighted by Gasteiger charge is -2.25. The zero-order valence-corrected chi connectivity index (χ0v) is 17.9. The predicted molar refractivity (Wildman–Crippen MR) is 113 cm³/mol. The molecule has 0 aliphatic carbocycles. The van der Waals surface area contributed by atoms with Crippen LogP contribution in [0.3, 0.4) is 0 Å². The summed E-state index contributed by atoms with van der Waals surface area (Å²) in [5, 5.41) is 2.81. The topological polar surface area (TPSA) is 132 Å². The Labute approximate surface area is 179 Å². The van der Waals surface area contributed by atoms with Gasteiger partial charge in [-0.2, -0.15) is 4.31 Å². The molecule has 30 heavy (non-hydrogen) atoms. The first-order valence-electron chi connectivity index (χ1n) is 9.19. The summed E-state index contributed by atoms with van der Waals surface area (Å²) in [6.07, 6.45) is 1.31. The van der Waals surface area contributed by atoms with Gasteiger partial charge in [-0.15, -0.1) is 0 Å². The Morgan fingerprint density at radius 1 is 1.17 bits per heavy atom. The zero-order chi connectivity index (χ0) is 21.7. The number of benzene rings is 1. The van der Waals surface area contributed by atoms with E-state index >= 15 is 0 Å². The van der Waals surface area contributed by atoms with Crippen LogP contribution in [-0.2, 0) is 19.6 Å². The van der Waals surface area contributed by atoms with Gasteiger partial charge < -0.3 is 15.8 Å². The Morgan fingerprint density at radius 3 is 2.40 bits per heavy atom. The van der Waals surface area contributed by atoms with E-state index < -0.39 is 21.2 Å². The number of ether oxygens (including phenoxy) is 1. The van der Waals surface area contributed by atoms with Gasteiger partial charge in [0.1, 0.15) is 4.90 Å². The highest BCUT2D eigenvalue weighted by Gasteiger charge is 2.26. The quantitative estimate of drug-likeness (QED) is 0.608. The molecule has 0 unspecified atom stereocenters. The minimum Gasteiger partial charge on any atom is -0.379 e. The number of pyridine rings is 1. The van der Waals surface area contributed by atoms with Crippen molar-refractivity contribution in [3.05, 3.63) is 48.2 Å². The highest BCUT2D eigenvalue weighted by molar-refractivity contribution is 8.00. The van der Waals surface area contributed by atoms with E-state index in [-0.39, 0.29) is 10.8 Å². The maximum Gasteiger partial charge on any atom is 0.248 e. The third kappa shape index (κ3) is 5.36. The van der Waals surface area contributed by atoms with Gasteiger partial charge in [-0.05, 0) is 43.3 Å². The number of sulfonamides is 1. The highest BCUT2D eigenvalue weighted by atomic mass is 32.2. The number of amides is 2. The number of carbonyl (C=O) groups is 2.